The van der Waals surface area contributed by atoms with Gasteiger partial charge in [-0.25, -0.2) is 9.78 Å². The van der Waals surface area contributed by atoms with Gasteiger partial charge in [0.25, 0.3) is 0 Å². The van der Waals surface area contributed by atoms with E-state index in [1.165, 1.54) is 0 Å². The molecule has 3 rings (SSSR count). The fraction of sp³-hybridized carbons (Fsp3) is 0.407. The van der Waals surface area contributed by atoms with Crippen molar-refractivity contribution in [3.8, 4) is 11.5 Å². The second kappa shape index (κ2) is 13.5. The smallest absolute Gasteiger partial charge is 0.417 e. The summed E-state index contributed by atoms with van der Waals surface area (Å²) in [7, 11) is 0. The molecular formula is C27H38N6O3. The lowest BCUT2D eigenvalue weighted by molar-refractivity contribution is 0.215. The molecule has 8 N–H and O–H groups in total. The molecule has 1 aromatic heterocycles. The number of rotatable bonds is 13. The average Bonchev–Trinajstić information content (AvgIpc) is 3.29. The molecule has 0 fully saturated rings. The van der Waals surface area contributed by atoms with Crippen LogP contribution in [0, 0.1) is 0 Å². The zero-order chi connectivity index (χ0) is 25.9. The van der Waals surface area contributed by atoms with E-state index in [0.717, 1.165) is 42.5 Å². The fourth-order valence-corrected chi connectivity index (χ4v) is 3.94. The number of imidazole rings is 1. The van der Waals surface area contributed by atoms with Gasteiger partial charge in [0, 0.05) is 29.9 Å². The number of carbonyl (C=O) groups is 1. The molecule has 36 heavy (non-hydrogen) atoms. The van der Waals surface area contributed by atoms with Gasteiger partial charge in [0.05, 0.1) is 12.8 Å². The highest BCUT2D eigenvalue weighted by molar-refractivity contribution is 5.86. The van der Waals surface area contributed by atoms with Gasteiger partial charge in [0.2, 0.25) is 0 Å². The molecule has 0 aliphatic rings. The van der Waals surface area contributed by atoms with Gasteiger partial charge in [-0.2, -0.15) is 0 Å². The second-order valence-electron chi connectivity index (χ2n) is 9.15. The molecule has 1 unspecified atom stereocenters. The lowest BCUT2D eigenvalue weighted by atomic mass is 9.95. The van der Waals surface area contributed by atoms with Crippen LogP contribution in [-0.4, -0.2) is 29.2 Å². The number of carbonyl (C=O) groups excluding carboxylic acids is 1. The first-order chi connectivity index (χ1) is 17.4. The van der Waals surface area contributed by atoms with E-state index in [-0.39, 0.29) is 5.92 Å². The summed E-state index contributed by atoms with van der Waals surface area (Å²) >= 11 is 0. The van der Waals surface area contributed by atoms with Gasteiger partial charge < -0.3 is 31.7 Å². The molecule has 9 heteroatoms. The maximum atomic E-state index is 12.4. The van der Waals surface area contributed by atoms with Crippen molar-refractivity contribution in [2.24, 2.45) is 11.5 Å². The van der Waals surface area contributed by atoms with Crippen molar-refractivity contribution < 1.29 is 14.3 Å². The number of aromatic amines is 1. The number of nitrogen functional groups attached to an aromatic ring is 1. The minimum Gasteiger partial charge on any atom is -0.493 e. The van der Waals surface area contributed by atoms with Crippen molar-refractivity contribution in [2.45, 2.75) is 57.9 Å². The quantitative estimate of drug-likeness (QED) is 0.212. The lowest BCUT2D eigenvalue weighted by Gasteiger charge is -2.15. The van der Waals surface area contributed by atoms with Gasteiger partial charge >= 0.3 is 6.09 Å². The van der Waals surface area contributed by atoms with Crippen LogP contribution in [0.1, 0.15) is 68.2 Å². The third-order valence-corrected chi connectivity index (χ3v) is 6.00. The van der Waals surface area contributed by atoms with Crippen LogP contribution in [-0.2, 0) is 6.54 Å². The Labute approximate surface area is 212 Å². The standard InChI is InChI=1S/C27H38N6O3/c1-18(2)21-13-23(35-12-4-3-5-20(10-11-28)25-17-31-26(30)33-25)15-24(14-21)36-27(34)32-22-8-6-19(16-29)7-9-22/h6-9,13-15,17-18,20H,3-5,10-12,16,28-29H2,1-2H3,(H,32,34)(H3,30,31,33). The number of H-pyrrole nitrogens is 1. The highest BCUT2D eigenvalue weighted by Gasteiger charge is 2.14. The Kier molecular flexibility index (Phi) is 10.1. The summed E-state index contributed by atoms with van der Waals surface area (Å²) < 4.78 is 11.6. The molecule has 0 saturated carbocycles. The van der Waals surface area contributed by atoms with E-state index in [1.807, 2.05) is 24.3 Å². The number of nitrogens with one attached hydrogen (secondary N) is 2. The number of nitrogens with zero attached hydrogens (tertiary/aromatic N) is 1. The molecule has 1 amide bonds. The Balaban J connectivity index is 1.53. The molecular weight excluding hydrogens is 456 g/mol. The zero-order valence-corrected chi connectivity index (χ0v) is 21.1. The molecule has 0 radical (unpaired) electrons. The molecule has 1 heterocycles. The van der Waals surface area contributed by atoms with Crippen LogP contribution in [0.15, 0.2) is 48.7 Å². The predicted molar refractivity (Wildman–Crippen MR) is 143 cm³/mol. The molecule has 0 spiro atoms. The van der Waals surface area contributed by atoms with Gasteiger partial charge in [-0.15, -0.1) is 0 Å². The SMILES string of the molecule is CC(C)c1cc(OCCCCC(CCN)c2cnc(N)[nH]2)cc(OC(=O)Nc2ccc(CN)cc2)c1. The minimum absolute atomic E-state index is 0.252. The van der Waals surface area contributed by atoms with Crippen molar-refractivity contribution >= 4 is 17.7 Å². The Morgan fingerprint density at radius 2 is 1.81 bits per heavy atom. The van der Waals surface area contributed by atoms with Crippen molar-refractivity contribution in [1.29, 1.82) is 0 Å². The summed E-state index contributed by atoms with van der Waals surface area (Å²) in [5.74, 6) is 2.09. The van der Waals surface area contributed by atoms with Gasteiger partial charge in [-0.1, -0.05) is 26.0 Å². The number of aromatic nitrogens is 2. The predicted octanol–water partition coefficient (Wildman–Crippen LogP) is 4.87. The third kappa shape index (κ3) is 8.28. The Hall–Kier alpha value is -3.56. The Bertz CT molecular complexity index is 1100. The largest absolute Gasteiger partial charge is 0.493 e. The zero-order valence-electron chi connectivity index (χ0n) is 21.1. The van der Waals surface area contributed by atoms with Gasteiger partial charge in [-0.3, -0.25) is 5.32 Å². The van der Waals surface area contributed by atoms with Crippen molar-refractivity contribution in [3.63, 3.8) is 0 Å². The third-order valence-electron chi connectivity index (χ3n) is 6.00. The highest BCUT2D eigenvalue weighted by Crippen LogP contribution is 2.29. The number of hydrogen-bond donors (Lipinski definition) is 5. The molecule has 9 nitrogen and oxygen atoms in total. The second-order valence-corrected chi connectivity index (χ2v) is 9.15. The summed E-state index contributed by atoms with van der Waals surface area (Å²) in [6.45, 7) is 5.78. The van der Waals surface area contributed by atoms with Crippen molar-refractivity contribution in [1.82, 2.24) is 9.97 Å². The van der Waals surface area contributed by atoms with E-state index >= 15 is 0 Å². The monoisotopic (exact) mass is 494 g/mol. The Morgan fingerprint density at radius 3 is 2.44 bits per heavy atom. The van der Waals surface area contributed by atoms with E-state index in [2.05, 4.69) is 29.1 Å². The molecule has 2 aromatic carbocycles. The van der Waals surface area contributed by atoms with E-state index in [0.29, 0.717) is 48.7 Å². The highest BCUT2D eigenvalue weighted by atomic mass is 16.6. The molecule has 194 valence electrons. The number of amides is 1. The summed E-state index contributed by atoms with van der Waals surface area (Å²) in [4.78, 5) is 19.7. The Morgan fingerprint density at radius 1 is 1.06 bits per heavy atom. The van der Waals surface area contributed by atoms with Crippen LogP contribution in [0.4, 0.5) is 16.4 Å². The van der Waals surface area contributed by atoms with Crippen LogP contribution < -0.4 is 32.0 Å². The molecule has 0 aliphatic carbocycles. The van der Waals surface area contributed by atoms with E-state index in [9.17, 15) is 4.79 Å². The van der Waals surface area contributed by atoms with E-state index < -0.39 is 6.09 Å². The first-order valence-electron chi connectivity index (χ1n) is 12.4. The van der Waals surface area contributed by atoms with Crippen LogP contribution in [0.3, 0.4) is 0 Å². The normalized spacial score (nSPS) is 11.9. The maximum Gasteiger partial charge on any atom is 0.417 e. The number of hydrogen-bond acceptors (Lipinski definition) is 7. The molecule has 0 saturated heterocycles. The molecule has 1 atom stereocenters. The summed E-state index contributed by atoms with van der Waals surface area (Å²) in [5.41, 5.74) is 20.8. The van der Waals surface area contributed by atoms with Gasteiger partial charge in [-0.05, 0) is 73.5 Å². The number of unbranched alkanes of at least 4 members (excludes halogenated alkanes) is 1. The van der Waals surface area contributed by atoms with Crippen LogP contribution in [0.2, 0.25) is 0 Å². The lowest BCUT2D eigenvalue weighted by Crippen LogP contribution is -2.17. The summed E-state index contributed by atoms with van der Waals surface area (Å²) in [6, 6.07) is 12.9. The average molecular weight is 495 g/mol. The van der Waals surface area contributed by atoms with Crippen LogP contribution in [0.5, 0.6) is 11.5 Å². The minimum atomic E-state index is -0.562. The van der Waals surface area contributed by atoms with Crippen LogP contribution in [0.25, 0.3) is 0 Å². The number of nitrogens with two attached hydrogens (primary N) is 3. The summed E-state index contributed by atoms with van der Waals surface area (Å²) in [5, 5.41) is 2.74. The molecule has 0 aliphatic heterocycles. The first-order valence-corrected chi connectivity index (χ1v) is 12.4. The number of benzene rings is 2. The van der Waals surface area contributed by atoms with Crippen LogP contribution >= 0.6 is 0 Å². The summed E-state index contributed by atoms with van der Waals surface area (Å²) in [6.07, 6.45) is 4.92. The van der Waals surface area contributed by atoms with E-state index in [4.69, 9.17) is 26.7 Å². The number of ether oxygens (including phenoxy) is 2. The van der Waals surface area contributed by atoms with Crippen molar-refractivity contribution in [3.05, 3.63) is 65.5 Å². The van der Waals surface area contributed by atoms with Gasteiger partial charge in [0.15, 0.2) is 5.95 Å². The van der Waals surface area contributed by atoms with E-state index in [1.54, 1.807) is 24.4 Å². The van der Waals surface area contributed by atoms with Crippen molar-refractivity contribution in [2.75, 3.05) is 24.2 Å². The van der Waals surface area contributed by atoms with Gasteiger partial charge in [0.1, 0.15) is 11.5 Å². The fourth-order valence-electron chi connectivity index (χ4n) is 3.94. The first kappa shape index (κ1) is 27.0. The molecule has 0 bridgehead atoms. The molecule has 3 aromatic rings. The topological polar surface area (TPSA) is 154 Å². The maximum absolute atomic E-state index is 12.4. The number of anilines is 2.